The van der Waals surface area contributed by atoms with Gasteiger partial charge in [-0.05, 0) is 54.6 Å². The van der Waals surface area contributed by atoms with Gasteiger partial charge in [0.05, 0.1) is 31.9 Å². The van der Waals surface area contributed by atoms with E-state index in [1.807, 2.05) is 28.9 Å². The molecule has 0 aliphatic carbocycles. The molecule has 0 saturated carbocycles. The minimum absolute atomic E-state index is 0.0104. The zero-order valence-electron chi connectivity index (χ0n) is 19.2. The number of amides is 1. The summed E-state index contributed by atoms with van der Waals surface area (Å²) in [5.74, 6) is 0.728. The number of aliphatic hydroxyl groups is 1. The third-order valence-electron chi connectivity index (χ3n) is 5.59. The van der Waals surface area contributed by atoms with Crippen molar-refractivity contribution in [1.82, 2.24) is 9.80 Å². The van der Waals surface area contributed by atoms with Crippen molar-refractivity contribution in [1.29, 1.82) is 0 Å². The Morgan fingerprint density at radius 2 is 2.12 bits per heavy atom. The van der Waals surface area contributed by atoms with Crippen molar-refractivity contribution in [3.8, 4) is 5.75 Å². The van der Waals surface area contributed by atoms with E-state index in [1.54, 1.807) is 30.6 Å². The molecular formula is C24H33ClN2O5S. The summed E-state index contributed by atoms with van der Waals surface area (Å²) in [6, 6.07) is 9.16. The molecule has 7 nitrogen and oxygen atoms in total. The van der Waals surface area contributed by atoms with Gasteiger partial charge in [-0.1, -0.05) is 11.6 Å². The first kappa shape index (κ1) is 25.9. The van der Waals surface area contributed by atoms with Crippen LogP contribution in [0.5, 0.6) is 5.75 Å². The minimum Gasteiger partial charge on any atom is -0.491 e. The molecule has 1 aliphatic rings. The summed E-state index contributed by atoms with van der Waals surface area (Å²) in [5, 5.41) is 13.0. The number of hydrogen-bond acceptors (Lipinski definition) is 7. The average molecular weight is 497 g/mol. The van der Waals surface area contributed by atoms with Crippen molar-refractivity contribution in [2.75, 3.05) is 59.7 Å². The van der Waals surface area contributed by atoms with E-state index in [-0.39, 0.29) is 25.1 Å². The Morgan fingerprint density at radius 1 is 1.33 bits per heavy atom. The topological polar surface area (TPSA) is 71.5 Å². The van der Waals surface area contributed by atoms with Crippen LogP contribution in [0, 0.1) is 0 Å². The predicted molar refractivity (Wildman–Crippen MR) is 130 cm³/mol. The number of halogens is 1. The molecule has 2 aromatic rings. The summed E-state index contributed by atoms with van der Waals surface area (Å²) in [6.45, 7) is 5.25. The molecule has 0 bridgehead atoms. The number of aliphatic hydroxyl groups excluding tert-OH is 1. The van der Waals surface area contributed by atoms with E-state index < -0.39 is 6.10 Å². The number of methoxy groups -OCH3 is 1. The summed E-state index contributed by atoms with van der Waals surface area (Å²) in [7, 11) is 1.63. The normalized spacial score (nSPS) is 16.6. The van der Waals surface area contributed by atoms with Gasteiger partial charge >= 0.3 is 0 Å². The average Bonchev–Trinajstić information content (AvgIpc) is 3.29. The zero-order valence-corrected chi connectivity index (χ0v) is 20.8. The summed E-state index contributed by atoms with van der Waals surface area (Å²) in [4.78, 5) is 18.6. The first-order valence-corrected chi connectivity index (χ1v) is 12.5. The Hall–Kier alpha value is -1.68. The van der Waals surface area contributed by atoms with Gasteiger partial charge in [-0.25, -0.2) is 0 Å². The molecule has 2 atom stereocenters. The lowest BCUT2D eigenvalue weighted by molar-refractivity contribution is -0.136. The highest BCUT2D eigenvalue weighted by Gasteiger charge is 2.33. The van der Waals surface area contributed by atoms with E-state index in [1.165, 1.54) is 4.88 Å². The maximum atomic E-state index is 13.4. The number of nitrogens with zero attached hydrogens (tertiary/aromatic N) is 2. The number of hydrogen-bond donors (Lipinski definition) is 1. The largest absolute Gasteiger partial charge is 0.491 e. The fourth-order valence-corrected chi connectivity index (χ4v) is 4.98. The maximum absolute atomic E-state index is 13.4. The molecule has 1 aromatic heterocycles. The third-order valence-corrected chi connectivity index (χ3v) is 6.84. The van der Waals surface area contributed by atoms with Crippen molar-refractivity contribution in [2.45, 2.75) is 25.5 Å². The standard InChI is InChI=1S/C24H33ClN2O5S/c1-3-31-16-19(28)14-26(11-12-30-2)15-24(29)27-10-8-23-21(9-13-33-23)22(27)17-32-20-6-4-18(25)5-7-20/h4-7,9,13,19,22,28H,3,8,10-12,14-17H2,1-2H3/t19-,22-/m0/s1. The second-order valence-corrected chi connectivity index (χ2v) is 9.40. The third kappa shape index (κ3) is 7.67. The van der Waals surface area contributed by atoms with E-state index in [0.717, 1.165) is 17.7 Å². The lowest BCUT2D eigenvalue weighted by atomic mass is 10.0. The van der Waals surface area contributed by atoms with Crippen molar-refractivity contribution in [3.63, 3.8) is 0 Å². The number of carbonyl (C=O) groups excluding carboxylic acids is 1. The number of thiophene rings is 1. The molecule has 9 heteroatoms. The fourth-order valence-electron chi connectivity index (χ4n) is 3.92. The number of rotatable bonds is 13. The second kappa shape index (κ2) is 13.3. The summed E-state index contributed by atoms with van der Waals surface area (Å²) in [6.07, 6.45) is 0.171. The number of ether oxygens (including phenoxy) is 3. The van der Waals surface area contributed by atoms with Crippen LogP contribution in [0.3, 0.4) is 0 Å². The molecule has 0 unspecified atom stereocenters. The quantitative estimate of drug-likeness (QED) is 0.459. The lowest BCUT2D eigenvalue weighted by Gasteiger charge is -2.37. The van der Waals surface area contributed by atoms with Crippen LogP contribution in [0.15, 0.2) is 35.7 Å². The first-order chi connectivity index (χ1) is 16.0. The summed E-state index contributed by atoms with van der Waals surface area (Å²) in [5.41, 5.74) is 1.15. The van der Waals surface area contributed by atoms with Crippen LogP contribution in [0.1, 0.15) is 23.4 Å². The molecule has 0 fully saturated rings. The molecule has 33 heavy (non-hydrogen) atoms. The van der Waals surface area contributed by atoms with Gasteiger partial charge in [0.1, 0.15) is 12.4 Å². The van der Waals surface area contributed by atoms with Gasteiger partial charge in [0.15, 0.2) is 0 Å². The molecule has 1 aliphatic heterocycles. The highest BCUT2D eigenvalue weighted by Crippen LogP contribution is 2.34. The van der Waals surface area contributed by atoms with Crippen LogP contribution < -0.4 is 4.74 Å². The summed E-state index contributed by atoms with van der Waals surface area (Å²) >= 11 is 7.70. The van der Waals surface area contributed by atoms with Crippen LogP contribution in [-0.4, -0.2) is 86.6 Å². The van der Waals surface area contributed by atoms with Gasteiger partial charge in [0.25, 0.3) is 0 Å². The Labute approximate surface area is 204 Å². The Morgan fingerprint density at radius 3 is 2.85 bits per heavy atom. The monoisotopic (exact) mass is 496 g/mol. The molecule has 0 spiro atoms. The molecule has 182 valence electrons. The Bertz CT molecular complexity index is 863. The van der Waals surface area contributed by atoms with Crippen LogP contribution in [0.4, 0.5) is 0 Å². The lowest BCUT2D eigenvalue weighted by Crippen LogP contribution is -2.48. The van der Waals surface area contributed by atoms with Gasteiger partial charge in [-0.15, -0.1) is 11.3 Å². The predicted octanol–water partition coefficient (Wildman–Crippen LogP) is 3.25. The Kier molecular flexibility index (Phi) is 10.4. The van der Waals surface area contributed by atoms with Gasteiger partial charge in [-0.2, -0.15) is 0 Å². The van der Waals surface area contributed by atoms with Gasteiger partial charge in [0.2, 0.25) is 5.91 Å². The van der Waals surface area contributed by atoms with E-state index in [0.29, 0.717) is 44.5 Å². The Balaban J connectivity index is 1.68. The molecule has 1 N–H and O–H groups in total. The summed E-state index contributed by atoms with van der Waals surface area (Å²) < 4.78 is 16.6. The van der Waals surface area contributed by atoms with Crippen molar-refractivity contribution in [2.24, 2.45) is 0 Å². The second-order valence-electron chi connectivity index (χ2n) is 7.96. The van der Waals surface area contributed by atoms with E-state index >= 15 is 0 Å². The van der Waals surface area contributed by atoms with Gasteiger partial charge in [0, 0.05) is 43.3 Å². The number of benzene rings is 1. The molecular weight excluding hydrogens is 464 g/mol. The van der Waals surface area contributed by atoms with Gasteiger partial charge < -0.3 is 24.2 Å². The van der Waals surface area contributed by atoms with Crippen LogP contribution >= 0.6 is 22.9 Å². The van der Waals surface area contributed by atoms with E-state index in [2.05, 4.69) is 11.4 Å². The van der Waals surface area contributed by atoms with Crippen molar-refractivity contribution >= 4 is 28.8 Å². The molecule has 1 amide bonds. The van der Waals surface area contributed by atoms with Crippen LogP contribution in [0.25, 0.3) is 0 Å². The molecule has 0 radical (unpaired) electrons. The fraction of sp³-hybridized carbons (Fsp3) is 0.542. The van der Waals surface area contributed by atoms with Crippen molar-refractivity contribution in [3.05, 3.63) is 51.2 Å². The van der Waals surface area contributed by atoms with Crippen LogP contribution in [0.2, 0.25) is 5.02 Å². The smallest absolute Gasteiger partial charge is 0.237 e. The number of fused-ring (bicyclic) bond motifs is 1. The van der Waals surface area contributed by atoms with Crippen molar-refractivity contribution < 1.29 is 24.1 Å². The van der Waals surface area contributed by atoms with E-state index in [4.69, 9.17) is 25.8 Å². The molecule has 0 saturated heterocycles. The molecule has 2 heterocycles. The maximum Gasteiger partial charge on any atom is 0.237 e. The SMILES string of the molecule is CCOC[C@@H](O)CN(CCOC)CC(=O)N1CCc2sccc2[C@@H]1COc1ccc(Cl)cc1. The zero-order chi connectivity index (χ0) is 23.6. The van der Waals surface area contributed by atoms with Crippen LogP contribution in [-0.2, 0) is 20.7 Å². The first-order valence-electron chi connectivity index (χ1n) is 11.2. The minimum atomic E-state index is -0.663. The number of carbonyl (C=O) groups is 1. The molecule has 3 rings (SSSR count). The van der Waals surface area contributed by atoms with E-state index in [9.17, 15) is 9.90 Å². The van der Waals surface area contributed by atoms with Gasteiger partial charge in [-0.3, -0.25) is 9.69 Å². The molecule has 1 aromatic carbocycles. The highest BCUT2D eigenvalue weighted by atomic mass is 35.5. The highest BCUT2D eigenvalue weighted by molar-refractivity contribution is 7.10.